The fourth-order valence-corrected chi connectivity index (χ4v) is 1.65. The topological polar surface area (TPSA) is 30.8 Å². The van der Waals surface area contributed by atoms with Crippen LogP contribution >= 0.6 is 11.6 Å². The average Bonchev–Trinajstić information content (AvgIpc) is 2.29. The van der Waals surface area contributed by atoms with Gasteiger partial charge in [0, 0.05) is 17.7 Å². The fraction of sp³-hybridized carbons (Fsp3) is 0.308. The van der Waals surface area contributed by atoms with Crippen molar-refractivity contribution in [2.45, 2.75) is 19.4 Å². The molecule has 0 spiro atoms. The molecule has 0 saturated heterocycles. The smallest absolute Gasteiger partial charge is 0.226 e. The standard InChI is InChI=1S/C13H14ClNO2/c1-8-10-7-9(14)5-6-11(10)15-12(17-8)13(2,3)16-4/h5-7H,1H2,2-4H3. The summed E-state index contributed by atoms with van der Waals surface area (Å²) in [6, 6.07) is 5.43. The number of hydrogen-bond donors (Lipinski definition) is 0. The van der Waals surface area contributed by atoms with E-state index in [0.29, 0.717) is 16.7 Å². The Morgan fingerprint density at radius 2 is 2.12 bits per heavy atom. The highest BCUT2D eigenvalue weighted by atomic mass is 35.5. The van der Waals surface area contributed by atoms with Crippen molar-refractivity contribution in [3.8, 4) is 0 Å². The van der Waals surface area contributed by atoms with Gasteiger partial charge in [-0.2, -0.15) is 0 Å². The minimum absolute atomic E-state index is 0.500. The first-order valence-corrected chi connectivity index (χ1v) is 5.63. The van der Waals surface area contributed by atoms with Crippen molar-refractivity contribution in [3.63, 3.8) is 0 Å². The van der Waals surface area contributed by atoms with Crippen LogP contribution in [0.2, 0.25) is 5.02 Å². The Bertz CT molecular complexity index is 506. The minimum atomic E-state index is -0.583. The van der Waals surface area contributed by atoms with E-state index in [1.54, 1.807) is 19.2 Å². The predicted octanol–water partition coefficient (Wildman–Crippen LogP) is 3.80. The number of nitrogens with zero attached hydrogens (tertiary/aromatic N) is 1. The van der Waals surface area contributed by atoms with Crippen molar-refractivity contribution >= 4 is 28.9 Å². The molecule has 1 aromatic rings. The van der Waals surface area contributed by atoms with Crippen LogP contribution in [0.3, 0.4) is 0 Å². The zero-order valence-corrected chi connectivity index (χ0v) is 10.8. The summed E-state index contributed by atoms with van der Waals surface area (Å²) in [4.78, 5) is 4.43. The normalized spacial score (nSPS) is 15.1. The predicted molar refractivity (Wildman–Crippen MR) is 69.8 cm³/mol. The van der Waals surface area contributed by atoms with E-state index >= 15 is 0 Å². The van der Waals surface area contributed by atoms with Crippen LogP contribution in [0, 0.1) is 0 Å². The molecule has 0 atom stereocenters. The van der Waals surface area contributed by atoms with Crippen molar-refractivity contribution in [1.82, 2.24) is 0 Å². The second kappa shape index (κ2) is 4.17. The largest absolute Gasteiger partial charge is 0.440 e. The molecular formula is C13H14ClNO2. The van der Waals surface area contributed by atoms with Crippen LogP contribution in [0.1, 0.15) is 19.4 Å². The third-order valence-electron chi connectivity index (χ3n) is 2.73. The highest BCUT2D eigenvalue weighted by Crippen LogP contribution is 2.35. The van der Waals surface area contributed by atoms with E-state index in [2.05, 4.69) is 11.6 Å². The first kappa shape index (κ1) is 12.1. The highest BCUT2D eigenvalue weighted by molar-refractivity contribution is 6.30. The first-order valence-electron chi connectivity index (χ1n) is 5.25. The number of ether oxygens (including phenoxy) is 2. The molecule has 1 aliphatic heterocycles. The average molecular weight is 252 g/mol. The molecule has 0 aliphatic carbocycles. The molecule has 3 nitrogen and oxygen atoms in total. The Labute approximate surface area is 106 Å². The number of methoxy groups -OCH3 is 1. The van der Waals surface area contributed by atoms with E-state index in [4.69, 9.17) is 21.1 Å². The lowest BCUT2D eigenvalue weighted by atomic mass is 10.1. The molecule has 0 saturated carbocycles. The quantitative estimate of drug-likeness (QED) is 0.801. The molecule has 17 heavy (non-hydrogen) atoms. The van der Waals surface area contributed by atoms with Gasteiger partial charge in [0.2, 0.25) is 5.90 Å². The molecule has 1 aliphatic rings. The molecule has 0 unspecified atom stereocenters. The number of rotatable bonds is 2. The van der Waals surface area contributed by atoms with Crippen LogP contribution in [0.25, 0.3) is 5.76 Å². The van der Waals surface area contributed by atoms with Crippen LogP contribution in [0.5, 0.6) is 0 Å². The Morgan fingerprint density at radius 1 is 1.41 bits per heavy atom. The molecule has 0 bridgehead atoms. The van der Waals surface area contributed by atoms with Crippen LogP contribution in [0.4, 0.5) is 5.69 Å². The highest BCUT2D eigenvalue weighted by Gasteiger charge is 2.31. The van der Waals surface area contributed by atoms with E-state index in [9.17, 15) is 0 Å². The van der Waals surface area contributed by atoms with Crippen LogP contribution < -0.4 is 0 Å². The number of aliphatic imine (C=N–C) groups is 1. The number of hydrogen-bond acceptors (Lipinski definition) is 3. The van der Waals surface area contributed by atoms with E-state index in [1.165, 1.54) is 0 Å². The summed E-state index contributed by atoms with van der Waals surface area (Å²) in [7, 11) is 1.62. The summed E-state index contributed by atoms with van der Waals surface area (Å²) >= 11 is 5.93. The van der Waals surface area contributed by atoms with Crippen molar-refractivity contribution in [2.75, 3.05) is 7.11 Å². The number of benzene rings is 1. The molecule has 1 aromatic carbocycles. The summed E-state index contributed by atoms with van der Waals surface area (Å²) in [6.07, 6.45) is 0. The lowest BCUT2D eigenvalue weighted by molar-refractivity contribution is 0.0669. The summed E-state index contributed by atoms with van der Waals surface area (Å²) in [6.45, 7) is 7.66. The minimum Gasteiger partial charge on any atom is -0.440 e. The maximum atomic E-state index is 5.93. The van der Waals surface area contributed by atoms with Gasteiger partial charge in [0.25, 0.3) is 0 Å². The molecule has 0 fully saturated rings. The SMILES string of the molecule is C=C1OC(C(C)(C)OC)=Nc2ccc(Cl)cc21. The van der Waals surface area contributed by atoms with Gasteiger partial charge in [-0.15, -0.1) is 0 Å². The van der Waals surface area contributed by atoms with Crippen LogP contribution in [0.15, 0.2) is 29.8 Å². The van der Waals surface area contributed by atoms with Gasteiger partial charge < -0.3 is 9.47 Å². The molecule has 1 heterocycles. The maximum Gasteiger partial charge on any atom is 0.226 e. The van der Waals surface area contributed by atoms with Gasteiger partial charge >= 0.3 is 0 Å². The van der Waals surface area contributed by atoms with Crippen molar-refractivity contribution in [1.29, 1.82) is 0 Å². The molecule has 90 valence electrons. The zero-order chi connectivity index (χ0) is 12.6. The van der Waals surface area contributed by atoms with Crippen molar-refractivity contribution in [3.05, 3.63) is 35.4 Å². The van der Waals surface area contributed by atoms with E-state index in [1.807, 2.05) is 19.9 Å². The molecule has 0 amide bonds. The van der Waals surface area contributed by atoms with Crippen molar-refractivity contribution < 1.29 is 9.47 Å². The van der Waals surface area contributed by atoms with Gasteiger partial charge in [-0.3, -0.25) is 0 Å². The summed E-state index contributed by atoms with van der Waals surface area (Å²) in [5, 5.41) is 0.637. The third-order valence-corrected chi connectivity index (χ3v) is 2.96. The maximum absolute atomic E-state index is 5.93. The Morgan fingerprint density at radius 3 is 2.76 bits per heavy atom. The van der Waals surface area contributed by atoms with Crippen molar-refractivity contribution in [2.24, 2.45) is 4.99 Å². The summed E-state index contributed by atoms with van der Waals surface area (Å²) in [5.74, 6) is 1.04. The van der Waals surface area contributed by atoms with E-state index in [0.717, 1.165) is 11.3 Å². The summed E-state index contributed by atoms with van der Waals surface area (Å²) in [5.41, 5.74) is 1.03. The number of fused-ring (bicyclic) bond motifs is 1. The molecule has 0 N–H and O–H groups in total. The molecular weight excluding hydrogens is 238 g/mol. The first-order chi connectivity index (χ1) is 7.94. The number of halogens is 1. The molecule has 0 radical (unpaired) electrons. The second-order valence-electron chi connectivity index (χ2n) is 4.32. The van der Waals surface area contributed by atoms with Crippen LogP contribution in [-0.4, -0.2) is 18.6 Å². The second-order valence-corrected chi connectivity index (χ2v) is 4.75. The molecule has 4 heteroatoms. The van der Waals surface area contributed by atoms with E-state index < -0.39 is 5.60 Å². The monoisotopic (exact) mass is 251 g/mol. The summed E-state index contributed by atoms with van der Waals surface area (Å²) < 4.78 is 10.9. The lowest BCUT2D eigenvalue weighted by Gasteiger charge is -2.28. The van der Waals surface area contributed by atoms with Gasteiger partial charge in [-0.05, 0) is 32.0 Å². The third kappa shape index (κ3) is 2.21. The lowest BCUT2D eigenvalue weighted by Crippen LogP contribution is -2.36. The molecule has 0 aromatic heterocycles. The fourth-order valence-electron chi connectivity index (χ4n) is 1.48. The Kier molecular flexibility index (Phi) is 2.98. The van der Waals surface area contributed by atoms with Gasteiger partial charge in [0.05, 0.1) is 5.69 Å². The van der Waals surface area contributed by atoms with Gasteiger partial charge in [-0.1, -0.05) is 18.2 Å². The van der Waals surface area contributed by atoms with Crippen LogP contribution in [-0.2, 0) is 9.47 Å². The van der Waals surface area contributed by atoms with Gasteiger partial charge in [-0.25, -0.2) is 4.99 Å². The van der Waals surface area contributed by atoms with E-state index in [-0.39, 0.29) is 0 Å². The Hall–Kier alpha value is -1.32. The van der Waals surface area contributed by atoms with Gasteiger partial charge in [0.15, 0.2) is 0 Å². The zero-order valence-electron chi connectivity index (χ0n) is 10.1. The Balaban J connectivity index is 2.50. The van der Waals surface area contributed by atoms with Gasteiger partial charge in [0.1, 0.15) is 11.4 Å². The molecule has 2 rings (SSSR count).